The topological polar surface area (TPSA) is 70.2 Å². The standard InChI is InChI=1S/C25H29N3O4/c1-18-5-3-7-20(13-18)16-27-17-24(30)28-12-11-26(10-9-22(28)25(27)31)23(29)15-19-6-4-8-21(14-19)32-2/h3-8,13-14,22H,9-12,15-17H2,1-2H3. The molecule has 2 heterocycles. The number of rotatable bonds is 5. The molecule has 2 fully saturated rings. The maximum absolute atomic E-state index is 13.2. The van der Waals surface area contributed by atoms with E-state index in [0.717, 1.165) is 16.7 Å². The minimum atomic E-state index is -0.504. The van der Waals surface area contributed by atoms with Crippen molar-refractivity contribution >= 4 is 17.7 Å². The summed E-state index contributed by atoms with van der Waals surface area (Å²) in [6, 6.07) is 15.0. The van der Waals surface area contributed by atoms with Crippen LogP contribution in [0.5, 0.6) is 5.75 Å². The third kappa shape index (κ3) is 4.77. The van der Waals surface area contributed by atoms with Crippen molar-refractivity contribution in [3.63, 3.8) is 0 Å². The Bertz CT molecular complexity index is 1020. The van der Waals surface area contributed by atoms with E-state index in [1.54, 1.807) is 21.8 Å². The van der Waals surface area contributed by atoms with Crippen LogP contribution in [0, 0.1) is 6.92 Å². The van der Waals surface area contributed by atoms with Crippen LogP contribution < -0.4 is 4.74 Å². The lowest BCUT2D eigenvalue weighted by Crippen LogP contribution is -2.59. The van der Waals surface area contributed by atoms with Gasteiger partial charge in [-0.05, 0) is 36.6 Å². The molecular weight excluding hydrogens is 406 g/mol. The number of benzene rings is 2. The van der Waals surface area contributed by atoms with Crippen LogP contribution in [0.1, 0.15) is 23.1 Å². The molecule has 0 aliphatic carbocycles. The summed E-state index contributed by atoms with van der Waals surface area (Å²) in [6.45, 7) is 3.81. The first-order valence-corrected chi connectivity index (χ1v) is 11.0. The number of piperazine rings is 1. The highest BCUT2D eigenvalue weighted by Crippen LogP contribution is 2.22. The Kier molecular flexibility index (Phi) is 6.44. The van der Waals surface area contributed by atoms with Crippen LogP contribution in [-0.4, -0.2) is 71.8 Å². The van der Waals surface area contributed by atoms with Crippen molar-refractivity contribution in [1.82, 2.24) is 14.7 Å². The van der Waals surface area contributed by atoms with Crippen molar-refractivity contribution < 1.29 is 19.1 Å². The Morgan fingerprint density at radius 1 is 1.03 bits per heavy atom. The SMILES string of the molecule is COc1cccc(CC(=O)N2CCC3C(=O)N(Cc4cccc(C)c4)CC(=O)N3CC2)c1. The summed E-state index contributed by atoms with van der Waals surface area (Å²) in [7, 11) is 1.60. The monoisotopic (exact) mass is 435 g/mol. The molecule has 168 valence electrons. The molecular formula is C25H29N3O4. The van der Waals surface area contributed by atoms with Crippen molar-refractivity contribution in [3.8, 4) is 5.75 Å². The van der Waals surface area contributed by atoms with Crippen LogP contribution >= 0.6 is 0 Å². The molecule has 2 saturated heterocycles. The number of nitrogens with zero attached hydrogens (tertiary/aromatic N) is 3. The molecule has 1 atom stereocenters. The van der Waals surface area contributed by atoms with E-state index in [1.807, 2.05) is 55.5 Å². The number of amides is 3. The summed E-state index contributed by atoms with van der Waals surface area (Å²) < 4.78 is 5.24. The van der Waals surface area contributed by atoms with E-state index in [9.17, 15) is 14.4 Å². The number of carbonyl (C=O) groups excluding carboxylic acids is 3. The quantitative estimate of drug-likeness (QED) is 0.721. The van der Waals surface area contributed by atoms with Gasteiger partial charge in [0.05, 0.1) is 13.5 Å². The van der Waals surface area contributed by atoms with Gasteiger partial charge in [-0.15, -0.1) is 0 Å². The maximum atomic E-state index is 13.2. The van der Waals surface area contributed by atoms with Gasteiger partial charge in [0.15, 0.2) is 0 Å². The number of aryl methyl sites for hydroxylation is 1. The molecule has 0 spiro atoms. The summed E-state index contributed by atoms with van der Waals surface area (Å²) in [5, 5.41) is 0. The molecule has 7 nitrogen and oxygen atoms in total. The van der Waals surface area contributed by atoms with E-state index in [0.29, 0.717) is 38.3 Å². The first-order chi connectivity index (χ1) is 15.4. The number of ether oxygens (including phenoxy) is 1. The zero-order valence-corrected chi connectivity index (χ0v) is 18.6. The largest absolute Gasteiger partial charge is 0.497 e. The third-order valence-corrected chi connectivity index (χ3v) is 6.20. The van der Waals surface area contributed by atoms with Crippen LogP contribution in [0.3, 0.4) is 0 Å². The Morgan fingerprint density at radius 2 is 1.81 bits per heavy atom. The number of methoxy groups -OCH3 is 1. The molecule has 0 bridgehead atoms. The van der Waals surface area contributed by atoms with Gasteiger partial charge in [0, 0.05) is 26.2 Å². The zero-order chi connectivity index (χ0) is 22.7. The van der Waals surface area contributed by atoms with E-state index in [2.05, 4.69) is 0 Å². The Morgan fingerprint density at radius 3 is 2.59 bits per heavy atom. The van der Waals surface area contributed by atoms with Crippen LogP contribution in [0.4, 0.5) is 0 Å². The van der Waals surface area contributed by atoms with Crippen molar-refractivity contribution in [3.05, 3.63) is 65.2 Å². The molecule has 2 aromatic rings. The molecule has 0 aromatic heterocycles. The van der Waals surface area contributed by atoms with Gasteiger partial charge in [-0.2, -0.15) is 0 Å². The van der Waals surface area contributed by atoms with Crippen molar-refractivity contribution in [2.75, 3.05) is 33.3 Å². The second kappa shape index (κ2) is 9.42. The van der Waals surface area contributed by atoms with E-state index < -0.39 is 6.04 Å². The smallest absolute Gasteiger partial charge is 0.246 e. The van der Waals surface area contributed by atoms with E-state index in [4.69, 9.17) is 4.74 Å². The lowest BCUT2D eigenvalue weighted by molar-refractivity contribution is -0.156. The Balaban J connectivity index is 1.42. The van der Waals surface area contributed by atoms with Crippen molar-refractivity contribution in [2.24, 2.45) is 0 Å². The molecule has 4 rings (SSSR count). The third-order valence-electron chi connectivity index (χ3n) is 6.20. The minimum Gasteiger partial charge on any atom is -0.497 e. The van der Waals surface area contributed by atoms with E-state index >= 15 is 0 Å². The van der Waals surface area contributed by atoms with E-state index in [-0.39, 0.29) is 30.7 Å². The van der Waals surface area contributed by atoms with Gasteiger partial charge in [0.25, 0.3) is 0 Å². The van der Waals surface area contributed by atoms with Crippen molar-refractivity contribution in [2.45, 2.75) is 32.4 Å². The first-order valence-electron chi connectivity index (χ1n) is 11.0. The molecule has 7 heteroatoms. The summed E-state index contributed by atoms with van der Waals surface area (Å²) in [5.74, 6) is 0.625. The predicted octanol–water partition coefficient (Wildman–Crippen LogP) is 2.02. The average molecular weight is 436 g/mol. The number of carbonyl (C=O) groups is 3. The highest BCUT2D eigenvalue weighted by Gasteiger charge is 2.41. The highest BCUT2D eigenvalue weighted by atomic mass is 16.5. The lowest BCUT2D eigenvalue weighted by Gasteiger charge is -2.39. The van der Waals surface area contributed by atoms with Gasteiger partial charge < -0.3 is 19.4 Å². The molecule has 0 saturated carbocycles. The first kappa shape index (κ1) is 21.9. The van der Waals surface area contributed by atoms with Crippen LogP contribution in [0.2, 0.25) is 0 Å². The molecule has 2 aliphatic rings. The van der Waals surface area contributed by atoms with Gasteiger partial charge in [-0.3, -0.25) is 14.4 Å². The second-order valence-electron chi connectivity index (χ2n) is 8.48. The zero-order valence-electron chi connectivity index (χ0n) is 18.6. The molecule has 0 N–H and O–H groups in total. The fourth-order valence-electron chi connectivity index (χ4n) is 4.51. The summed E-state index contributed by atoms with van der Waals surface area (Å²) in [5.41, 5.74) is 3.02. The Hall–Kier alpha value is -3.35. The fraction of sp³-hybridized carbons (Fsp3) is 0.400. The average Bonchev–Trinajstić information content (AvgIpc) is 3.01. The minimum absolute atomic E-state index is 0.00499. The molecule has 1 unspecified atom stereocenters. The van der Waals surface area contributed by atoms with Crippen molar-refractivity contribution in [1.29, 1.82) is 0 Å². The normalized spacial score (nSPS) is 18.9. The predicted molar refractivity (Wildman–Crippen MR) is 120 cm³/mol. The maximum Gasteiger partial charge on any atom is 0.246 e. The summed E-state index contributed by atoms with van der Waals surface area (Å²) in [6.07, 6.45) is 0.724. The van der Waals surface area contributed by atoms with Crippen LogP contribution in [0.25, 0.3) is 0 Å². The fourth-order valence-corrected chi connectivity index (χ4v) is 4.51. The molecule has 2 aliphatic heterocycles. The van der Waals surface area contributed by atoms with Gasteiger partial charge in [-0.1, -0.05) is 42.0 Å². The molecule has 32 heavy (non-hydrogen) atoms. The number of hydrogen-bond donors (Lipinski definition) is 0. The number of hydrogen-bond acceptors (Lipinski definition) is 4. The van der Waals surface area contributed by atoms with Gasteiger partial charge in [-0.25, -0.2) is 0 Å². The lowest BCUT2D eigenvalue weighted by atomic mass is 10.1. The Labute approximate surface area is 188 Å². The van der Waals surface area contributed by atoms with Crippen LogP contribution in [0.15, 0.2) is 48.5 Å². The highest BCUT2D eigenvalue weighted by molar-refractivity contribution is 5.95. The van der Waals surface area contributed by atoms with Gasteiger partial charge >= 0.3 is 0 Å². The summed E-state index contributed by atoms with van der Waals surface area (Å²) in [4.78, 5) is 44.0. The molecule has 3 amide bonds. The van der Waals surface area contributed by atoms with Gasteiger partial charge in [0.2, 0.25) is 17.7 Å². The van der Waals surface area contributed by atoms with E-state index in [1.165, 1.54) is 0 Å². The van der Waals surface area contributed by atoms with Crippen LogP contribution in [-0.2, 0) is 27.3 Å². The molecule has 0 radical (unpaired) electrons. The molecule has 2 aromatic carbocycles. The number of fused-ring (bicyclic) bond motifs is 1. The van der Waals surface area contributed by atoms with Gasteiger partial charge in [0.1, 0.15) is 18.3 Å². The summed E-state index contributed by atoms with van der Waals surface area (Å²) >= 11 is 0. The second-order valence-corrected chi connectivity index (χ2v) is 8.48.